The summed E-state index contributed by atoms with van der Waals surface area (Å²) in [6, 6.07) is 0. The van der Waals surface area contributed by atoms with Crippen molar-refractivity contribution >= 4 is 16.8 Å². The van der Waals surface area contributed by atoms with E-state index in [0.717, 1.165) is 12.8 Å². The van der Waals surface area contributed by atoms with Crippen LogP contribution in [0.3, 0.4) is 0 Å². The Morgan fingerprint density at radius 3 is 2.92 bits per heavy atom. The zero-order valence-corrected chi connectivity index (χ0v) is 7.51. The van der Waals surface area contributed by atoms with Crippen LogP contribution in [-0.4, -0.2) is 39.5 Å². The van der Waals surface area contributed by atoms with E-state index in [2.05, 4.69) is 0 Å². The van der Waals surface area contributed by atoms with Gasteiger partial charge in [-0.1, -0.05) is 0 Å². The van der Waals surface area contributed by atoms with Crippen molar-refractivity contribution in [2.75, 3.05) is 19.0 Å². The highest BCUT2D eigenvalue weighted by Crippen LogP contribution is 2.12. The second kappa shape index (κ2) is 4.57. The van der Waals surface area contributed by atoms with Crippen LogP contribution in [0.2, 0.25) is 0 Å². The Morgan fingerprint density at radius 1 is 1.67 bits per heavy atom. The van der Waals surface area contributed by atoms with E-state index in [1.54, 1.807) is 0 Å². The number of ether oxygens (including phenoxy) is 1. The van der Waals surface area contributed by atoms with Crippen molar-refractivity contribution in [2.24, 2.45) is 0 Å². The van der Waals surface area contributed by atoms with E-state index in [1.165, 1.54) is 0 Å². The highest BCUT2D eigenvalue weighted by atomic mass is 32.2. The minimum absolute atomic E-state index is 0.0742. The van der Waals surface area contributed by atoms with Crippen molar-refractivity contribution in [3.8, 4) is 0 Å². The highest BCUT2D eigenvalue weighted by molar-refractivity contribution is 7.86. The second-order valence-electron chi connectivity index (χ2n) is 2.76. The first-order valence-corrected chi connectivity index (χ1v) is 5.25. The van der Waals surface area contributed by atoms with Gasteiger partial charge in [-0.25, -0.2) is 0 Å². The molecule has 0 aromatic heterocycles. The number of carbonyl (C=O) groups is 1. The van der Waals surface area contributed by atoms with E-state index < -0.39 is 16.8 Å². The van der Waals surface area contributed by atoms with Crippen molar-refractivity contribution in [2.45, 2.75) is 18.1 Å². The van der Waals surface area contributed by atoms with Crippen LogP contribution in [-0.2, 0) is 20.3 Å². The van der Waals surface area contributed by atoms with Gasteiger partial charge in [-0.3, -0.25) is 9.00 Å². The van der Waals surface area contributed by atoms with E-state index in [9.17, 15) is 9.00 Å². The smallest absolute Gasteiger partial charge is 0.316 e. The molecule has 2 atom stereocenters. The molecule has 0 aromatic carbocycles. The maximum absolute atomic E-state index is 11.3. The normalized spacial score (nSPS) is 26.5. The molecule has 1 N–H and O–H groups in total. The molecule has 5 heteroatoms. The molecule has 1 aliphatic heterocycles. The van der Waals surface area contributed by atoms with Gasteiger partial charge in [0.05, 0.1) is 11.9 Å². The summed E-state index contributed by atoms with van der Waals surface area (Å²) in [5, 5.41) is 8.31. The van der Waals surface area contributed by atoms with Crippen molar-refractivity contribution in [1.82, 2.24) is 0 Å². The molecule has 1 saturated heterocycles. The van der Waals surface area contributed by atoms with Gasteiger partial charge in [0.15, 0.2) is 0 Å². The molecule has 70 valence electrons. The lowest BCUT2D eigenvalue weighted by atomic mass is 10.2. The Kier molecular flexibility index (Phi) is 3.68. The molecule has 1 fully saturated rings. The number of rotatable bonds is 3. The Labute approximate surface area is 73.4 Å². The average molecular weight is 192 g/mol. The summed E-state index contributed by atoms with van der Waals surface area (Å²) in [5.41, 5.74) is 0. The standard InChI is InChI=1S/C7H12O4S/c8-7(9)5-12(10)6-2-1-3-11-4-6/h6H,1-5H2,(H,8,9). The van der Waals surface area contributed by atoms with Gasteiger partial charge >= 0.3 is 5.97 Å². The molecule has 0 spiro atoms. The minimum atomic E-state index is -1.26. The van der Waals surface area contributed by atoms with E-state index in [1.807, 2.05) is 0 Å². The quantitative estimate of drug-likeness (QED) is 0.683. The molecule has 1 aliphatic rings. The van der Waals surface area contributed by atoms with Gasteiger partial charge in [0, 0.05) is 17.4 Å². The van der Waals surface area contributed by atoms with Crippen molar-refractivity contribution in [3.63, 3.8) is 0 Å². The third kappa shape index (κ3) is 2.91. The third-order valence-electron chi connectivity index (χ3n) is 1.76. The van der Waals surface area contributed by atoms with Crippen molar-refractivity contribution < 1.29 is 18.8 Å². The predicted octanol–water partition coefficient (Wildman–Crippen LogP) is -0.00130. The lowest BCUT2D eigenvalue weighted by molar-refractivity contribution is -0.134. The third-order valence-corrected chi connectivity index (χ3v) is 3.40. The van der Waals surface area contributed by atoms with Gasteiger partial charge in [-0.2, -0.15) is 0 Å². The summed E-state index contributed by atoms with van der Waals surface area (Å²) in [4.78, 5) is 10.2. The van der Waals surface area contributed by atoms with E-state index in [0.29, 0.717) is 13.2 Å². The first kappa shape index (κ1) is 9.67. The van der Waals surface area contributed by atoms with Crippen molar-refractivity contribution in [3.05, 3.63) is 0 Å². The summed E-state index contributed by atoms with van der Waals surface area (Å²) in [7, 11) is -1.26. The zero-order chi connectivity index (χ0) is 8.97. The molecule has 0 bridgehead atoms. The van der Waals surface area contributed by atoms with Crippen LogP contribution in [0.25, 0.3) is 0 Å². The lowest BCUT2D eigenvalue weighted by Crippen LogP contribution is -2.30. The zero-order valence-electron chi connectivity index (χ0n) is 6.69. The van der Waals surface area contributed by atoms with Crippen LogP contribution in [0.15, 0.2) is 0 Å². The lowest BCUT2D eigenvalue weighted by Gasteiger charge is -2.20. The molecule has 0 saturated carbocycles. The topological polar surface area (TPSA) is 63.6 Å². The van der Waals surface area contributed by atoms with Crippen LogP contribution >= 0.6 is 0 Å². The molecule has 0 radical (unpaired) electrons. The Morgan fingerprint density at radius 2 is 2.42 bits per heavy atom. The molecular weight excluding hydrogens is 180 g/mol. The Hall–Kier alpha value is -0.420. The van der Waals surface area contributed by atoms with Gasteiger partial charge < -0.3 is 9.84 Å². The van der Waals surface area contributed by atoms with Crippen LogP contribution in [0.1, 0.15) is 12.8 Å². The van der Waals surface area contributed by atoms with E-state index in [4.69, 9.17) is 9.84 Å². The number of aliphatic carboxylic acids is 1. The summed E-state index contributed by atoms with van der Waals surface area (Å²) in [5.74, 6) is -1.26. The Balaban J connectivity index is 2.34. The minimum Gasteiger partial charge on any atom is -0.481 e. The summed E-state index contributed by atoms with van der Waals surface area (Å²) in [6.07, 6.45) is 1.70. The van der Waals surface area contributed by atoms with Gasteiger partial charge in [0.2, 0.25) is 0 Å². The fraction of sp³-hybridized carbons (Fsp3) is 0.857. The fourth-order valence-corrected chi connectivity index (χ4v) is 2.31. The van der Waals surface area contributed by atoms with Crippen LogP contribution in [0, 0.1) is 0 Å². The molecule has 2 unspecified atom stereocenters. The monoisotopic (exact) mass is 192 g/mol. The second-order valence-corrected chi connectivity index (χ2v) is 4.47. The SMILES string of the molecule is O=C(O)CS(=O)C1CCCOC1. The summed E-state index contributed by atoms with van der Waals surface area (Å²) in [6.45, 7) is 1.15. The summed E-state index contributed by atoms with van der Waals surface area (Å²) >= 11 is 0. The van der Waals surface area contributed by atoms with Gasteiger partial charge in [-0.15, -0.1) is 0 Å². The van der Waals surface area contributed by atoms with Crippen LogP contribution < -0.4 is 0 Å². The first-order chi connectivity index (χ1) is 5.70. The molecular formula is C7H12O4S. The molecule has 12 heavy (non-hydrogen) atoms. The maximum Gasteiger partial charge on any atom is 0.316 e. The molecule has 1 rings (SSSR count). The molecule has 1 heterocycles. The fourth-order valence-electron chi connectivity index (χ4n) is 1.16. The van der Waals surface area contributed by atoms with Gasteiger partial charge in [-0.05, 0) is 12.8 Å². The van der Waals surface area contributed by atoms with Crippen molar-refractivity contribution in [1.29, 1.82) is 0 Å². The van der Waals surface area contributed by atoms with Crippen LogP contribution in [0.4, 0.5) is 0 Å². The molecule has 0 aromatic rings. The largest absolute Gasteiger partial charge is 0.481 e. The molecule has 4 nitrogen and oxygen atoms in total. The Bertz CT molecular complexity index is 186. The van der Waals surface area contributed by atoms with Crippen LogP contribution in [0.5, 0.6) is 0 Å². The maximum atomic E-state index is 11.3. The van der Waals surface area contributed by atoms with Gasteiger partial charge in [0.25, 0.3) is 0 Å². The first-order valence-electron chi connectivity index (χ1n) is 3.87. The molecule has 0 aliphatic carbocycles. The number of hydrogen-bond acceptors (Lipinski definition) is 3. The molecule has 0 amide bonds. The summed E-state index contributed by atoms with van der Waals surface area (Å²) < 4.78 is 16.4. The predicted molar refractivity (Wildman–Crippen MR) is 44.5 cm³/mol. The highest BCUT2D eigenvalue weighted by Gasteiger charge is 2.21. The van der Waals surface area contributed by atoms with Gasteiger partial charge in [0.1, 0.15) is 5.75 Å². The average Bonchev–Trinajstić information content (AvgIpc) is 2.05. The van der Waals surface area contributed by atoms with E-state index in [-0.39, 0.29) is 11.0 Å². The number of hydrogen-bond donors (Lipinski definition) is 1. The number of carboxylic acids is 1. The van der Waals surface area contributed by atoms with E-state index >= 15 is 0 Å². The number of carboxylic acid groups (broad SMARTS) is 1.